The second-order valence-electron chi connectivity index (χ2n) is 13.4. The number of hydrogen-bond acceptors (Lipinski definition) is 6. The van der Waals surface area contributed by atoms with Gasteiger partial charge in [0.2, 0.25) is 5.91 Å². The first-order valence-corrected chi connectivity index (χ1v) is 17.3. The number of ether oxygens (including phenoxy) is 1. The minimum atomic E-state index is -0.704. The molecule has 2 unspecified atom stereocenters. The Morgan fingerprint density at radius 3 is 2.51 bits per heavy atom. The zero-order valence-corrected chi connectivity index (χ0v) is 29.4. The van der Waals surface area contributed by atoms with Crippen LogP contribution >= 0.6 is 0 Å². The van der Waals surface area contributed by atoms with Crippen molar-refractivity contribution in [2.75, 3.05) is 20.3 Å². The number of nitrogens with one attached hydrogen (secondary N) is 3. The average molecular weight is 666 g/mol. The van der Waals surface area contributed by atoms with Crippen molar-refractivity contribution in [3.05, 3.63) is 84.6 Å². The lowest BCUT2D eigenvalue weighted by atomic mass is 9.93. The number of allylic oxidation sites excluding steroid dienone is 1. The van der Waals surface area contributed by atoms with Crippen LogP contribution in [0.3, 0.4) is 0 Å². The molecule has 2 aliphatic heterocycles. The van der Waals surface area contributed by atoms with Crippen LogP contribution in [-0.4, -0.2) is 74.8 Å². The Hall–Kier alpha value is -4.70. The van der Waals surface area contributed by atoms with E-state index in [0.29, 0.717) is 32.1 Å². The maximum atomic E-state index is 13.7. The Balaban J connectivity index is 1.49. The number of imide groups is 1. The standard InChI is InChI=1S/C39H47N5O5/c1-8-24-20(3)28-17-30-22(5)26(12-13-35(47)44(39(48)49-7)14-10-11-15-45)37(42-30)27-16-34(46)36-23(6)31(43-38(27)36)19-33-25(9-2)21(4)29(41-33)18-32(24)40-28/h8,18-19,27,31,40-42,45H,1,9-17H2,2-7H3. The third-order valence-corrected chi connectivity index (χ3v) is 10.7. The van der Waals surface area contributed by atoms with Crippen molar-refractivity contribution in [2.24, 2.45) is 4.99 Å². The number of rotatable bonds is 9. The number of carbonyl (C=O) groups is 3. The number of fused-ring (bicyclic) bond motifs is 8. The number of methoxy groups -OCH3 is 1. The van der Waals surface area contributed by atoms with E-state index in [9.17, 15) is 19.5 Å². The number of aromatic amines is 3. The quantitative estimate of drug-likeness (QED) is 0.249. The molecule has 49 heavy (non-hydrogen) atoms. The lowest BCUT2D eigenvalue weighted by Gasteiger charge is -2.19. The zero-order valence-electron chi connectivity index (χ0n) is 29.4. The monoisotopic (exact) mass is 665 g/mol. The number of Topliss-reactive ketones (excluding diaryl/α,β-unsaturated/α-hetero) is 1. The van der Waals surface area contributed by atoms with Crippen molar-refractivity contribution in [3.63, 3.8) is 0 Å². The second-order valence-corrected chi connectivity index (χ2v) is 13.4. The number of aromatic nitrogens is 3. The number of ketones is 1. The number of aliphatic imine (C=N–C) groups is 1. The van der Waals surface area contributed by atoms with Crippen LogP contribution in [-0.2, 0) is 33.6 Å². The SMILES string of the molecule is C=Cc1c2[nH]c(c1C)Cc1[nH]c(c(CCC(=O)N(CCCCO)C(=O)OC)c1C)C1CC(=O)C3=C(C)C(C=c4[nH]c(c(C)c4CC)=C2)N=C31. The maximum absolute atomic E-state index is 13.7. The Bertz CT molecular complexity index is 2050. The molecule has 0 radical (unpaired) electrons. The molecule has 2 amide bonds. The van der Waals surface area contributed by atoms with E-state index >= 15 is 0 Å². The molecule has 3 aliphatic rings. The van der Waals surface area contributed by atoms with Crippen LogP contribution in [0.15, 0.2) is 22.7 Å². The van der Waals surface area contributed by atoms with Crippen LogP contribution in [0.1, 0.15) is 102 Å². The fourth-order valence-corrected chi connectivity index (χ4v) is 7.90. The molecule has 0 aromatic carbocycles. The molecule has 0 spiro atoms. The highest BCUT2D eigenvalue weighted by Gasteiger charge is 2.43. The molecule has 2 atom stereocenters. The number of aliphatic hydroxyl groups is 1. The summed E-state index contributed by atoms with van der Waals surface area (Å²) in [6.07, 6.45) is 8.66. The van der Waals surface area contributed by atoms with Gasteiger partial charge in [-0.25, -0.2) is 9.69 Å². The van der Waals surface area contributed by atoms with Gasteiger partial charge >= 0.3 is 6.09 Å². The van der Waals surface area contributed by atoms with E-state index in [-0.39, 0.29) is 43.2 Å². The molecule has 3 aromatic rings. The molecular weight excluding hydrogens is 618 g/mol. The highest BCUT2D eigenvalue weighted by molar-refractivity contribution is 6.32. The van der Waals surface area contributed by atoms with Crippen molar-refractivity contribution in [3.8, 4) is 0 Å². The van der Waals surface area contributed by atoms with E-state index in [0.717, 1.165) is 83.9 Å². The van der Waals surface area contributed by atoms with Crippen LogP contribution < -0.4 is 10.7 Å². The molecule has 0 saturated heterocycles. The van der Waals surface area contributed by atoms with Crippen molar-refractivity contribution in [2.45, 2.75) is 91.5 Å². The first kappa shape index (κ1) is 34.2. The number of nitrogens with zero attached hydrogens (tertiary/aromatic N) is 2. The summed E-state index contributed by atoms with van der Waals surface area (Å²) in [5, 5.41) is 11.3. The van der Waals surface area contributed by atoms with Gasteiger partial charge in [0.25, 0.3) is 0 Å². The van der Waals surface area contributed by atoms with Crippen LogP contribution in [0.2, 0.25) is 0 Å². The van der Waals surface area contributed by atoms with Crippen molar-refractivity contribution < 1.29 is 24.2 Å². The molecule has 10 heteroatoms. The van der Waals surface area contributed by atoms with Gasteiger partial charge in [-0.1, -0.05) is 19.6 Å². The lowest BCUT2D eigenvalue weighted by molar-refractivity contribution is -0.129. The Kier molecular flexibility index (Phi) is 9.53. The third kappa shape index (κ3) is 5.96. The minimum Gasteiger partial charge on any atom is -0.452 e. The fraction of sp³-hybridized carbons (Fsp3) is 0.436. The van der Waals surface area contributed by atoms with Gasteiger partial charge in [-0.2, -0.15) is 0 Å². The molecule has 3 aromatic heterocycles. The maximum Gasteiger partial charge on any atom is 0.416 e. The number of unbranched alkanes of at least 4 members (excludes halogenated alkanes) is 1. The zero-order chi connectivity index (χ0) is 35.1. The van der Waals surface area contributed by atoms with Gasteiger partial charge in [-0.3, -0.25) is 14.6 Å². The molecule has 258 valence electrons. The molecule has 1 saturated carbocycles. The van der Waals surface area contributed by atoms with Gasteiger partial charge < -0.3 is 24.8 Å². The highest BCUT2D eigenvalue weighted by Crippen LogP contribution is 2.42. The normalized spacial score (nSPS) is 17.9. The fourth-order valence-electron chi connectivity index (χ4n) is 7.90. The predicted octanol–water partition coefficient (Wildman–Crippen LogP) is 4.51. The smallest absolute Gasteiger partial charge is 0.416 e. The third-order valence-electron chi connectivity index (χ3n) is 10.7. The largest absolute Gasteiger partial charge is 0.452 e. The molecular formula is C39H47N5O5. The molecule has 10 nitrogen and oxygen atoms in total. The number of carbonyl (C=O) groups excluding carboxylic acids is 3. The Morgan fingerprint density at radius 2 is 1.82 bits per heavy atom. The van der Waals surface area contributed by atoms with E-state index < -0.39 is 6.09 Å². The summed E-state index contributed by atoms with van der Waals surface area (Å²) in [4.78, 5) is 57.1. The molecule has 5 heterocycles. The molecule has 1 fully saturated rings. The summed E-state index contributed by atoms with van der Waals surface area (Å²) in [6, 6.07) is -0.267. The summed E-state index contributed by atoms with van der Waals surface area (Å²) in [6.45, 7) is 14.8. The summed E-state index contributed by atoms with van der Waals surface area (Å²) in [5.41, 5.74) is 13.0. The lowest BCUT2D eigenvalue weighted by Crippen LogP contribution is -2.37. The van der Waals surface area contributed by atoms with Crippen LogP contribution in [0.5, 0.6) is 0 Å². The second kappa shape index (κ2) is 13.7. The average Bonchev–Trinajstić information content (AvgIpc) is 3.83. The van der Waals surface area contributed by atoms with Crippen LogP contribution in [0.25, 0.3) is 18.2 Å². The van der Waals surface area contributed by atoms with E-state index in [1.807, 2.05) is 13.0 Å². The summed E-state index contributed by atoms with van der Waals surface area (Å²) < 4.78 is 4.91. The van der Waals surface area contributed by atoms with E-state index in [1.165, 1.54) is 18.2 Å². The van der Waals surface area contributed by atoms with Gasteiger partial charge in [-0.15, -0.1) is 0 Å². The molecule has 6 rings (SSSR count). The van der Waals surface area contributed by atoms with E-state index in [1.54, 1.807) is 0 Å². The first-order chi connectivity index (χ1) is 23.5. The number of hydrogen-bond donors (Lipinski definition) is 4. The van der Waals surface area contributed by atoms with Gasteiger partial charge in [-0.05, 0) is 98.9 Å². The topological polar surface area (TPSA) is 144 Å². The highest BCUT2D eigenvalue weighted by atomic mass is 16.5. The van der Waals surface area contributed by atoms with Gasteiger partial charge in [0.1, 0.15) is 0 Å². The van der Waals surface area contributed by atoms with Crippen LogP contribution in [0.4, 0.5) is 4.79 Å². The van der Waals surface area contributed by atoms with E-state index in [4.69, 9.17) is 9.73 Å². The number of H-pyrrole nitrogens is 3. The molecule has 1 aliphatic carbocycles. The molecule has 4 N–H and O–H groups in total. The van der Waals surface area contributed by atoms with Gasteiger partial charge in [0, 0.05) is 82.9 Å². The van der Waals surface area contributed by atoms with Crippen molar-refractivity contribution in [1.29, 1.82) is 0 Å². The summed E-state index contributed by atoms with van der Waals surface area (Å²) in [7, 11) is 1.26. The summed E-state index contributed by atoms with van der Waals surface area (Å²) >= 11 is 0. The van der Waals surface area contributed by atoms with Crippen molar-refractivity contribution >= 4 is 41.7 Å². The summed E-state index contributed by atoms with van der Waals surface area (Å²) in [5.74, 6) is -0.527. The number of amides is 2. The van der Waals surface area contributed by atoms with Gasteiger partial charge in [0.05, 0.1) is 18.9 Å². The van der Waals surface area contributed by atoms with Crippen molar-refractivity contribution in [1.82, 2.24) is 19.9 Å². The predicted molar refractivity (Wildman–Crippen MR) is 191 cm³/mol. The van der Waals surface area contributed by atoms with Crippen LogP contribution in [0, 0.1) is 20.8 Å². The number of aliphatic hydroxyl groups excluding tert-OH is 1. The Morgan fingerprint density at radius 1 is 1.06 bits per heavy atom. The van der Waals surface area contributed by atoms with E-state index in [2.05, 4.69) is 61.4 Å². The van der Waals surface area contributed by atoms with Gasteiger partial charge in [0.15, 0.2) is 5.78 Å². The Labute approximate surface area is 286 Å². The minimum absolute atomic E-state index is 0.0180. The molecule has 8 bridgehead atoms. The first-order valence-electron chi connectivity index (χ1n) is 17.3.